The molecule has 1 saturated heterocycles. The molecule has 2 aromatic rings. The molecule has 1 aliphatic rings. The van der Waals surface area contributed by atoms with Gasteiger partial charge in [-0.05, 0) is 44.2 Å². The fourth-order valence-electron chi connectivity index (χ4n) is 3.37. The maximum absolute atomic E-state index is 12.6. The van der Waals surface area contributed by atoms with Crippen molar-refractivity contribution >= 4 is 17.2 Å². The van der Waals surface area contributed by atoms with Gasteiger partial charge in [0.2, 0.25) is 5.91 Å². The van der Waals surface area contributed by atoms with E-state index >= 15 is 0 Å². The minimum Gasteiger partial charge on any atom is -0.341 e. The lowest BCUT2D eigenvalue weighted by Crippen LogP contribution is -2.35. The number of rotatable bonds is 5. The monoisotopic (exact) mass is 360 g/mol. The second kappa shape index (κ2) is 8.15. The maximum Gasteiger partial charge on any atom is 0.224 e. The Morgan fingerprint density at radius 3 is 2.72 bits per heavy atom. The molecule has 136 valence electrons. The van der Waals surface area contributed by atoms with Crippen molar-refractivity contribution in [2.75, 3.05) is 26.2 Å². The summed E-state index contributed by atoms with van der Waals surface area (Å²) in [4.78, 5) is 18.5. The molecule has 0 radical (unpaired) electrons. The van der Waals surface area contributed by atoms with E-state index in [1.54, 1.807) is 0 Å². The van der Waals surface area contributed by atoms with Gasteiger partial charge in [0.15, 0.2) is 0 Å². The van der Waals surface area contributed by atoms with Gasteiger partial charge in [0, 0.05) is 56.3 Å². The number of hydrogen-bond donors (Lipinski definition) is 0. The van der Waals surface area contributed by atoms with E-state index in [0.717, 1.165) is 44.8 Å². The molecule has 0 N–H and O–H groups in total. The largest absolute Gasteiger partial charge is 0.341 e. The molecule has 2 aromatic heterocycles. The highest BCUT2D eigenvalue weighted by Gasteiger charge is 2.19. The molecule has 0 spiro atoms. The van der Waals surface area contributed by atoms with E-state index in [0.29, 0.717) is 13.0 Å². The van der Waals surface area contributed by atoms with E-state index in [4.69, 9.17) is 0 Å². The Balaban J connectivity index is 1.50. The molecule has 0 unspecified atom stereocenters. The van der Waals surface area contributed by atoms with Crippen LogP contribution in [-0.4, -0.2) is 51.7 Å². The van der Waals surface area contributed by atoms with Gasteiger partial charge in [0.25, 0.3) is 0 Å². The molecule has 3 heterocycles. The van der Waals surface area contributed by atoms with Gasteiger partial charge in [-0.1, -0.05) is 6.07 Å². The zero-order valence-electron chi connectivity index (χ0n) is 15.5. The highest BCUT2D eigenvalue weighted by atomic mass is 32.1. The van der Waals surface area contributed by atoms with Gasteiger partial charge in [0.1, 0.15) is 0 Å². The fraction of sp³-hybridized carbons (Fsp3) is 0.579. The summed E-state index contributed by atoms with van der Waals surface area (Å²) in [5, 5.41) is 6.67. The fourth-order valence-corrected chi connectivity index (χ4v) is 4.11. The summed E-state index contributed by atoms with van der Waals surface area (Å²) in [6, 6.07) is 4.29. The van der Waals surface area contributed by atoms with Crippen molar-refractivity contribution in [1.82, 2.24) is 19.6 Å². The molecule has 0 bridgehead atoms. The lowest BCUT2D eigenvalue weighted by atomic mass is 10.2. The summed E-state index contributed by atoms with van der Waals surface area (Å²) in [7, 11) is 0. The molecule has 3 rings (SSSR count). The van der Waals surface area contributed by atoms with Crippen molar-refractivity contribution in [2.24, 2.45) is 0 Å². The number of thiophene rings is 1. The van der Waals surface area contributed by atoms with Gasteiger partial charge in [-0.2, -0.15) is 5.10 Å². The lowest BCUT2D eigenvalue weighted by molar-refractivity contribution is -0.131. The molecule has 0 aliphatic carbocycles. The van der Waals surface area contributed by atoms with E-state index in [1.807, 2.05) is 27.8 Å². The first-order valence-electron chi connectivity index (χ1n) is 9.07. The Hall–Kier alpha value is -1.66. The summed E-state index contributed by atoms with van der Waals surface area (Å²) in [6.07, 6.45) is 1.59. The average Bonchev–Trinajstić information content (AvgIpc) is 3.10. The smallest absolute Gasteiger partial charge is 0.224 e. The third-order valence-corrected chi connectivity index (χ3v) is 6.04. The summed E-state index contributed by atoms with van der Waals surface area (Å²) < 4.78 is 1.98. The molecule has 6 heteroatoms. The van der Waals surface area contributed by atoms with Crippen molar-refractivity contribution in [3.05, 3.63) is 39.3 Å². The van der Waals surface area contributed by atoms with Gasteiger partial charge < -0.3 is 4.90 Å². The number of nitrogens with zero attached hydrogens (tertiary/aromatic N) is 4. The molecule has 0 aromatic carbocycles. The molecule has 0 atom stereocenters. The highest BCUT2D eigenvalue weighted by molar-refractivity contribution is 7.09. The SMILES string of the molecule is Cc1nn(CCC(=O)N2CCCN(Cc3cccs3)CC2)c(C)c1C. The van der Waals surface area contributed by atoms with Gasteiger partial charge >= 0.3 is 0 Å². The van der Waals surface area contributed by atoms with Crippen LogP contribution in [0.4, 0.5) is 0 Å². The van der Waals surface area contributed by atoms with Gasteiger partial charge in [0.05, 0.1) is 5.69 Å². The molecular formula is C19H28N4OS. The average molecular weight is 361 g/mol. The van der Waals surface area contributed by atoms with Crippen LogP contribution < -0.4 is 0 Å². The minimum atomic E-state index is 0.253. The summed E-state index contributed by atoms with van der Waals surface area (Å²) in [6.45, 7) is 11.6. The third-order valence-electron chi connectivity index (χ3n) is 5.18. The van der Waals surface area contributed by atoms with Gasteiger partial charge in [-0.25, -0.2) is 0 Å². The van der Waals surface area contributed by atoms with E-state index in [-0.39, 0.29) is 5.91 Å². The molecule has 5 nitrogen and oxygen atoms in total. The third kappa shape index (κ3) is 4.50. The zero-order chi connectivity index (χ0) is 17.8. The Morgan fingerprint density at radius 1 is 1.20 bits per heavy atom. The Morgan fingerprint density at radius 2 is 2.04 bits per heavy atom. The Kier molecular flexibility index (Phi) is 5.91. The van der Waals surface area contributed by atoms with Crippen molar-refractivity contribution in [3.63, 3.8) is 0 Å². The number of amides is 1. The first kappa shape index (κ1) is 18.1. The number of aryl methyl sites for hydroxylation is 2. The van der Waals surface area contributed by atoms with Crippen molar-refractivity contribution < 1.29 is 4.79 Å². The van der Waals surface area contributed by atoms with Gasteiger partial charge in [-0.15, -0.1) is 11.3 Å². The standard InChI is InChI=1S/C19H28N4OS/c1-15-16(2)20-23(17(15)3)10-7-19(24)22-9-5-8-21(11-12-22)14-18-6-4-13-25-18/h4,6,13H,5,7-12,14H2,1-3H3. The molecular weight excluding hydrogens is 332 g/mol. The topological polar surface area (TPSA) is 41.4 Å². The van der Waals surface area contributed by atoms with Crippen LogP contribution >= 0.6 is 11.3 Å². The number of carbonyl (C=O) groups excluding carboxylic acids is 1. The first-order chi connectivity index (χ1) is 12.0. The number of aromatic nitrogens is 2. The van der Waals surface area contributed by atoms with E-state index in [9.17, 15) is 4.79 Å². The number of hydrogen-bond acceptors (Lipinski definition) is 4. The molecule has 1 aliphatic heterocycles. The molecule has 1 amide bonds. The predicted octanol–water partition coefficient (Wildman–Crippen LogP) is 2.99. The number of carbonyl (C=O) groups is 1. The van der Waals surface area contributed by atoms with Gasteiger partial charge in [-0.3, -0.25) is 14.4 Å². The van der Waals surface area contributed by atoms with Crippen molar-refractivity contribution in [3.8, 4) is 0 Å². The summed E-state index contributed by atoms with van der Waals surface area (Å²) >= 11 is 1.81. The second-order valence-electron chi connectivity index (χ2n) is 6.86. The molecule has 25 heavy (non-hydrogen) atoms. The summed E-state index contributed by atoms with van der Waals surface area (Å²) in [5.41, 5.74) is 3.46. The first-order valence-corrected chi connectivity index (χ1v) is 9.95. The minimum absolute atomic E-state index is 0.253. The van der Waals surface area contributed by atoms with Crippen LogP contribution in [-0.2, 0) is 17.9 Å². The van der Waals surface area contributed by atoms with Crippen LogP contribution in [0.3, 0.4) is 0 Å². The van der Waals surface area contributed by atoms with E-state index in [1.165, 1.54) is 16.1 Å². The van der Waals surface area contributed by atoms with Crippen LogP contribution in [0.25, 0.3) is 0 Å². The van der Waals surface area contributed by atoms with Crippen molar-refractivity contribution in [2.45, 2.75) is 46.7 Å². The normalized spacial score (nSPS) is 16.2. The van der Waals surface area contributed by atoms with E-state index in [2.05, 4.69) is 41.4 Å². The quantitative estimate of drug-likeness (QED) is 0.823. The zero-order valence-corrected chi connectivity index (χ0v) is 16.3. The van der Waals surface area contributed by atoms with Crippen LogP contribution in [0.1, 0.15) is 34.7 Å². The lowest BCUT2D eigenvalue weighted by Gasteiger charge is -2.22. The molecule has 0 saturated carbocycles. The van der Waals surface area contributed by atoms with Crippen LogP contribution in [0.5, 0.6) is 0 Å². The van der Waals surface area contributed by atoms with Crippen LogP contribution in [0.15, 0.2) is 17.5 Å². The Labute approximate surface area is 154 Å². The Bertz CT molecular complexity index is 707. The maximum atomic E-state index is 12.6. The van der Waals surface area contributed by atoms with E-state index < -0.39 is 0 Å². The summed E-state index contributed by atoms with van der Waals surface area (Å²) in [5.74, 6) is 0.253. The predicted molar refractivity (Wildman–Crippen MR) is 102 cm³/mol. The van der Waals surface area contributed by atoms with Crippen LogP contribution in [0, 0.1) is 20.8 Å². The van der Waals surface area contributed by atoms with Crippen molar-refractivity contribution in [1.29, 1.82) is 0 Å². The molecule has 1 fully saturated rings. The second-order valence-corrected chi connectivity index (χ2v) is 7.89. The highest BCUT2D eigenvalue weighted by Crippen LogP contribution is 2.15. The van der Waals surface area contributed by atoms with Crippen LogP contribution in [0.2, 0.25) is 0 Å².